The van der Waals surface area contributed by atoms with Crippen LogP contribution in [0.4, 0.5) is 11.4 Å². The number of nitro benzene ring substituents is 1. The summed E-state index contributed by atoms with van der Waals surface area (Å²) < 4.78 is 5.12. The number of imide groups is 1. The predicted molar refractivity (Wildman–Crippen MR) is 131 cm³/mol. The van der Waals surface area contributed by atoms with Crippen LogP contribution >= 0.6 is 31.9 Å². The van der Waals surface area contributed by atoms with E-state index in [-0.39, 0.29) is 62.0 Å². The van der Waals surface area contributed by atoms with Gasteiger partial charge in [-0.15, -0.1) is 0 Å². The van der Waals surface area contributed by atoms with Gasteiger partial charge in [-0.3, -0.25) is 29.4 Å². The van der Waals surface area contributed by atoms with E-state index in [2.05, 4.69) is 31.9 Å². The number of hydrogen-bond donors (Lipinski definition) is 0. The largest absolute Gasteiger partial charge is 0.454 e. The van der Waals surface area contributed by atoms with Crippen LogP contribution in [0.5, 0.6) is 0 Å². The van der Waals surface area contributed by atoms with Crippen molar-refractivity contribution in [3.8, 4) is 0 Å². The van der Waals surface area contributed by atoms with Gasteiger partial charge in [-0.25, -0.2) is 4.79 Å². The first-order chi connectivity index (χ1) is 16.7. The van der Waals surface area contributed by atoms with Gasteiger partial charge in [0.2, 0.25) is 11.8 Å². The van der Waals surface area contributed by atoms with Gasteiger partial charge in [-0.1, -0.05) is 37.9 Å². The quantitative estimate of drug-likeness (QED) is 0.122. The third-order valence-electron chi connectivity index (χ3n) is 7.06. The summed E-state index contributed by atoms with van der Waals surface area (Å²) in [5, 5.41) is 10.7. The maximum Gasteiger partial charge on any atom is 0.338 e. The molecule has 0 spiro atoms. The maximum absolute atomic E-state index is 13.2. The minimum absolute atomic E-state index is 0.0782. The number of ketones is 1. The Balaban J connectivity index is 1.28. The molecule has 3 aliphatic rings. The molecule has 2 aromatic carbocycles. The highest BCUT2D eigenvalue weighted by Gasteiger charge is 2.66. The number of rotatable bonds is 6. The highest BCUT2D eigenvalue weighted by molar-refractivity contribution is 9.12. The number of nitrogens with zero attached hydrogens (tertiary/aromatic N) is 2. The zero-order valence-corrected chi connectivity index (χ0v) is 21.2. The van der Waals surface area contributed by atoms with Crippen LogP contribution in [0.3, 0.4) is 0 Å². The molecule has 2 aromatic rings. The Morgan fingerprint density at radius 1 is 0.971 bits per heavy atom. The van der Waals surface area contributed by atoms with Gasteiger partial charge in [0.1, 0.15) is 0 Å². The number of hydrogen-bond acceptors (Lipinski definition) is 7. The van der Waals surface area contributed by atoms with Crippen LogP contribution in [-0.2, 0) is 14.3 Å². The zero-order chi connectivity index (χ0) is 25.0. The van der Waals surface area contributed by atoms with Crippen LogP contribution in [0.25, 0.3) is 0 Å². The van der Waals surface area contributed by atoms with E-state index >= 15 is 0 Å². The first kappa shape index (κ1) is 23.8. The summed E-state index contributed by atoms with van der Waals surface area (Å²) in [6.07, 6.45) is 0.821. The first-order valence-corrected chi connectivity index (χ1v) is 12.7. The molecule has 2 bridgehead atoms. The average Bonchev–Trinajstić information content (AvgIpc) is 3.47. The van der Waals surface area contributed by atoms with E-state index in [9.17, 15) is 29.3 Å². The molecule has 6 atom stereocenters. The molecule has 0 N–H and O–H groups in total. The number of ether oxygens (including phenoxy) is 1. The molecule has 35 heavy (non-hydrogen) atoms. The monoisotopic (exact) mass is 604 g/mol. The lowest BCUT2D eigenvalue weighted by Gasteiger charge is -2.28. The standard InChI is InChI=1S/C24H18Br2N2O7/c25-20-15-9-16(21(20)26)19-18(15)22(30)27(23(19)31)14-3-1-2-12(8-14)24(32)35-10-17(29)11-4-6-13(7-5-11)28(33)34/h1-8,15-16,18-21H,9-10H2/t15-,16-,18-,19-,20-,21+/m0/s1. The molecule has 1 aliphatic heterocycles. The number of carbonyl (C=O) groups is 4. The van der Waals surface area contributed by atoms with Crippen molar-refractivity contribution in [2.75, 3.05) is 11.5 Å². The topological polar surface area (TPSA) is 124 Å². The van der Waals surface area contributed by atoms with Crippen LogP contribution in [0, 0.1) is 33.8 Å². The van der Waals surface area contributed by atoms with E-state index in [0.29, 0.717) is 5.69 Å². The van der Waals surface area contributed by atoms with Crippen molar-refractivity contribution < 1.29 is 28.8 Å². The minimum Gasteiger partial charge on any atom is -0.454 e. The third kappa shape index (κ3) is 3.90. The van der Waals surface area contributed by atoms with E-state index in [1.807, 2.05) is 0 Å². The number of carbonyl (C=O) groups excluding carboxylic acids is 4. The van der Waals surface area contributed by atoms with Gasteiger partial charge >= 0.3 is 5.97 Å². The van der Waals surface area contributed by atoms with Gasteiger partial charge in [0.05, 0.1) is 28.0 Å². The molecule has 5 rings (SSSR count). The van der Waals surface area contributed by atoms with E-state index in [1.54, 1.807) is 12.1 Å². The summed E-state index contributed by atoms with van der Waals surface area (Å²) in [4.78, 5) is 62.9. The number of esters is 1. The number of nitro groups is 1. The van der Waals surface area contributed by atoms with Gasteiger partial charge in [-0.2, -0.15) is 0 Å². The lowest BCUT2D eigenvalue weighted by atomic mass is 9.81. The zero-order valence-electron chi connectivity index (χ0n) is 18.0. The Morgan fingerprint density at radius 3 is 2.14 bits per heavy atom. The molecule has 0 unspecified atom stereocenters. The second-order valence-electron chi connectivity index (χ2n) is 8.87. The molecule has 0 radical (unpaired) electrons. The molecular weight excluding hydrogens is 588 g/mol. The Labute approximate surface area is 216 Å². The van der Waals surface area contributed by atoms with Crippen LogP contribution in [0.1, 0.15) is 27.1 Å². The summed E-state index contributed by atoms with van der Waals surface area (Å²) in [5.74, 6) is -2.41. The number of alkyl halides is 2. The average molecular weight is 606 g/mol. The number of anilines is 1. The Kier molecular flexibility index (Phi) is 6.08. The lowest BCUT2D eigenvalue weighted by Crippen LogP contribution is -2.37. The van der Waals surface area contributed by atoms with E-state index in [0.717, 1.165) is 11.3 Å². The van der Waals surface area contributed by atoms with E-state index in [4.69, 9.17) is 4.74 Å². The van der Waals surface area contributed by atoms with Crippen molar-refractivity contribution in [2.24, 2.45) is 23.7 Å². The number of benzene rings is 2. The Hall–Kier alpha value is -2.92. The molecule has 1 heterocycles. The fourth-order valence-corrected chi connectivity index (χ4v) is 7.32. The number of halogens is 2. The molecule has 3 fully saturated rings. The summed E-state index contributed by atoms with van der Waals surface area (Å²) in [5.41, 5.74) is 0.400. The lowest BCUT2D eigenvalue weighted by molar-refractivity contribution is -0.384. The normalized spacial score (nSPS) is 28.8. The molecule has 2 aliphatic carbocycles. The van der Waals surface area contributed by atoms with Crippen molar-refractivity contribution in [3.63, 3.8) is 0 Å². The van der Waals surface area contributed by atoms with Gasteiger partial charge in [-0.05, 0) is 48.6 Å². The van der Waals surface area contributed by atoms with Crippen molar-refractivity contribution in [3.05, 3.63) is 69.8 Å². The van der Waals surface area contributed by atoms with Gasteiger partial charge in [0, 0.05) is 27.4 Å². The molecule has 180 valence electrons. The molecular formula is C24H18Br2N2O7. The third-order valence-corrected chi connectivity index (χ3v) is 10.3. The van der Waals surface area contributed by atoms with Crippen molar-refractivity contribution in [2.45, 2.75) is 16.1 Å². The molecule has 2 saturated carbocycles. The SMILES string of the molecule is O=C(COC(=O)c1cccc(N2C(=O)[C@H]3[C@@H]4C[C@H]([C@@H](Br)[C@H]4Br)[C@@H]3C2=O)c1)c1ccc([N+](=O)[O-])cc1. The van der Waals surface area contributed by atoms with E-state index < -0.39 is 23.3 Å². The smallest absolute Gasteiger partial charge is 0.338 e. The van der Waals surface area contributed by atoms with E-state index in [1.165, 1.54) is 36.4 Å². The van der Waals surface area contributed by atoms with Gasteiger partial charge in [0.25, 0.3) is 5.69 Å². The van der Waals surface area contributed by atoms with Crippen molar-refractivity contribution in [1.29, 1.82) is 0 Å². The molecule has 0 aromatic heterocycles. The highest BCUT2D eigenvalue weighted by Crippen LogP contribution is 2.60. The minimum atomic E-state index is -0.789. The molecule has 1 saturated heterocycles. The highest BCUT2D eigenvalue weighted by atomic mass is 79.9. The summed E-state index contributed by atoms with van der Waals surface area (Å²) in [6.45, 7) is -0.560. The predicted octanol–water partition coefficient (Wildman–Crippen LogP) is 3.92. The number of non-ortho nitro benzene ring substituents is 1. The number of Topliss-reactive ketones (excluding diaryl/α,β-unsaturated/α-hetero) is 1. The molecule has 9 nitrogen and oxygen atoms in total. The van der Waals surface area contributed by atoms with Gasteiger partial charge < -0.3 is 4.74 Å². The fraction of sp³-hybridized carbons (Fsp3) is 0.333. The Bertz CT molecular complexity index is 1230. The maximum atomic E-state index is 13.2. The first-order valence-electron chi connectivity index (χ1n) is 10.9. The molecule has 2 amide bonds. The van der Waals surface area contributed by atoms with Crippen LogP contribution in [0.2, 0.25) is 0 Å². The van der Waals surface area contributed by atoms with Crippen LogP contribution in [-0.4, -0.2) is 44.8 Å². The second-order valence-corrected chi connectivity index (χ2v) is 11.0. The number of amides is 2. The van der Waals surface area contributed by atoms with Crippen LogP contribution < -0.4 is 4.90 Å². The van der Waals surface area contributed by atoms with Crippen molar-refractivity contribution >= 4 is 66.8 Å². The van der Waals surface area contributed by atoms with Crippen LogP contribution in [0.15, 0.2) is 48.5 Å². The summed E-state index contributed by atoms with van der Waals surface area (Å²) >= 11 is 7.32. The Morgan fingerprint density at radius 2 is 1.57 bits per heavy atom. The summed E-state index contributed by atoms with van der Waals surface area (Å²) in [6, 6.07) is 11.0. The number of fused-ring (bicyclic) bond motifs is 5. The van der Waals surface area contributed by atoms with Crippen molar-refractivity contribution in [1.82, 2.24) is 0 Å². The molecule has 11 heteroatoms. The van der Waals surface area contributed by atoms with Gasteiger partial charge in [0.15, 0.2) is 12.4 Å². The fourth-order valence-electron chi connectivity index (χ4n) is 5.44. The second kappa shape index (κ2) is 8.94. The summed E-state index contributed by atoms with van der Waals surface area (Å²) in [7, 11) is 0.